The molecule has 1 aliphatic carbocycles. The van der Waals surface area contributed by atoms with E-state index in [1.807, 2.05) is 30.3 Å². The molecule has 3 N–H and O–H groups in total. The predicted octanol–water partition coefficient (Wildman–Crippen LogP) is 6.01. The van der Waals surface area contributed by atoms with Crippen molar-refractivity contribution < 1.29 is 24.5 Å². The normalized spacial score (nSPS) is 15.4. The Morgan fingerprint density at radius 2 is 1.63 bits per heavy atom. The van der Waals surface area contributed by atoms with E-state index in [1.54, 1.807) is 6.07 Å². The summed E-state index contributed by atoms with van der Waals surface area (Å²) in [5.74, 6) is -0.0317. The summed E-state index contributed by atoms with van der Waals surface area (Å²) in [5.41, 5.74) is 0.578. The summed E-state index contributed by atoms with van der Waals surface area (Å²) in [6.07, 6.45) is 5.35. The molecular weight excluding hydrogens is 480 g/mol. The number of benzene rings is 2. The lowest BCUT2D eigenvalue weighted by Gasteiger charge is -2.26. The van der Waals surface area contributed by atoms with Crippen LogP contribution in [0.4, 0.5) is 0 Å². The monoisotopic (exact) mass is 518 g/mol. The van der Waals surface area contributed by atoms with Gasteiger partial charge in [-0.1, -0.05) is 64.7 Å². The van der Waals surface area contributed by atoms with Crippen molar-refractivity contribution in [1.29, 1.82) is 0 Å². The average Bonchev–Trinajstić information content (AvgIpc) is 3.34. The minimum Gasteiger partial charge on any atom is -0.480 e. The molecule has 2 aromatic carbocycles. The van der Waals surface area contributed by atoms with Crippen molar-refractivity contribution in [3.63, 3.8) is 0 Å². The van der Waals surface area contributed by atoms with Gasteiger partial charge in [0.1, 0.15) is 17.2 Å². The molecule has 7 heteroatoms. The summed E-state index contributed by atoms with van der Waals surface area (Å²) in [4.78, 5) is 29.4. The quantitative estimate of drug-likeness (QED) is 0.337. The Morgan fingerprint density at radius 3 is 2.21 bits per heavy atom. The van der Waals surface area contributed by atoms with Gasteiger partial charge in [-0.2, -0.15) is 0 Å². The van der Waals surface area contributed by atoms with Gasteiger partial charge in [-0.3, -0.25) is 4.79 Å². The average molecular weight is 519 g/mol. The van der Waals surface area contributed by atoms with Gasteiger partial charge in [0, 0.05) is 11.1 Å². The Labute approximate surface area is 224 Å². The summed E-state index contributed by atoms with van der Waals surface area (Å²) in [5, 5.41) is 23.9. The highest BCUT2D eigenvalue weighted by atomic mass is 16.5. The fourth-order valence-electron chi connectivity index (χ4n) is 5.02. The number of carbonyl (C=O) groups is 2. The first-order chi connectivity index (χ1) is 17.8. The second-order valence-electron chi connectivity index (χ2n) is 12.0. The number of nitrogens with zero attached hydrogens (tertiary/aromatic N) is 1. The molecule has 38 heavy (non-hydrogen) atoms. The molecular formula is C31H38N2O5. The van der Waals surface area contributed by atoms with E-state index in [1.165, 1.54) is 32.3 Å². The number of amides is 1. The molecule has 0 unspecified atom stereocenters. The Hall–Kier alpha value is -3.45. The number of carboxylic acids is 1. The van der Waals surface area contributed by atoms with Crippen LogP contribution >= 0.6 is 0 Å². The van der Waals surface area contributed by atoms with Crippen LogP contribution in [0.25, 0.3) is 10.8 Å². The maximum atomic E-state index is 13.1. The number of rotatable bonds is 8. The molecule has 1 amide bonds. The van der Waals surface area contributed by atoms with E-state index in [2.05, 4.69) is 38.2 Å². The van der Waals surface area contributed by atoms with Crippen molar-refractivity contribution in [2.24, 2.45) is 5.92 Å². The van der Waals surface area contributed by atoms with E-state index >= 15 is 0 Å². The fourth-order valence-corrected chi connectivity index (χ4v) is 5.02. The standard InChI is InChI=1S/C31H38N2O5/c1-30(2,3)21-11-14-22(15-12-21)38-23-13-10-20-17-26(28(34)33-27(29(35)36)31(4,5)37)32-25(24(20)18-23)16-19-8-6-7-9-19/h10-15,17-19,27,37H,6-9,16H2,1-5H3,(H,33,34)(H,35,36)/t27-/m1/s1. The first-order valence-electron chi connectivity index (χ1n) is 13.3. The van der Waals surface area contributed by atoms with Gasteiger partial charge in [0.05, 0.1) is 5.60 Å². The molecule has 202 valence electrons. The van der Waals surface area contributed by atoms with Crippen LogP contribution in [0.1, 0.15) is 82.0 Å². The third kappa shape index (κ3) is 6.51. The number of hydrogen-bond acceptors (Lipinski definition) is 5. The number of nitrogens with one attached hydrogen (secondary N) is 1. The summed E-state index contributed by atoms with van der Waals surface area (Å²) in [7, 11) is 0. The number of hydrogen-bond donors (Lipinski definition) is 3. The van der Waals surface area contributed by atoms with E-state index in [-0.39, 0.29) is 11.1 Å². The first kappa shape index (κ1) is 27.6. The minimum atomic E-state index is -1.64. The lowest BCUT2D eigenvalue weighted by molar-refractivity contribution is -0.145. The Balaban J connectivity index is 1.67. The molecule has 1 atom stereocenters. The molecule has 0 spiro atoms. The number of fused-ring (bicyclic) bond motifs is 1. The van der Waals surface area contributed by atoms with Crippen LogP contribution in [-0.4, -0.2) is 38.7 Å². The van der Waals surface area contributed by atoms with E-state index in [0.29, 0.717) is 11.7 Å². The van der Waals surface area contributed by atoms with Gasteiger partial charge in [0.2, 0.25) is 0 Å². The lowest BCUT2D eigenvalue weighted by Crippen LogP contribution is -2.54. The van der Waals surface area contributed by atoms with Crippen molar-refractivity contribution in [3.05, 3.63) is 65.5 Å². The van der Waals surface area contributed by atoms with Gasteiger partial charge in [0.15, 0.2) is 6.04 Å². The van der Waals surface area contributed by atoms with Crippen molar-refractivity contribution in [2.75, 3.05) is 0 Å². The van der Waals surface area contributed by atoms with E-state index in [4.69, 9.17) is 9.72 Å². The third-order valence-corrected chi connectivity index (χ3v) is 7.26. The van der Waals surface area contributed by atoms with E-state index in [9.17, 15) is 19.8 Å². The number of carboxylic acid groups (broad SMARTS) is 1. The minimum absolute atomic E-state index is 0.0592. The van der Waals surface area contributed by atoms with Crippen LogP contribution in [0.5, 0.6) is 11.5 Å². The second-order valence-corrected chi connectivity index (χ2v) is 12.0. The molecule has 0 aliphatic heterocycles. The smallest absolute Gasteiger partial charge is 0.329 e. The number of aromatic nitrogens is 1. The fraction of sp³-hybridized carbons (Fsp3) is 0.452. The van der Waals surface area contributed by atoms with Gasteiger partial charge >= 0.3 is 5.97 Å². The van der Waals surface area contributed by atoms with Crippen molar-refractivity contribution in [3.8, 4) is 11.5 Å². The molecule has 1 heterocycles. The van der Waals surface area contributed by atoms with Gasteiger partial charge in [0.25, 0.3) is 5.91 Å². The van der Waals surface area contributed by atoms with Crippen LogP contribution in [-0.2, 0) is 16.6 Å². The van der Waals surface area contributed by atoms with Gasteiger partial charge in [-0.25, -0.2) is 9.78 Å². The first-order valence-corrected chi connectivity index (χ1v) is 13.3. The van der Waals surface area contributed by atoms with Crippen molar-refractivity contribution in [2.45, 2.75) is 83.8 Å². The third-order valence-electron chi connectivity index (χ3n) is 7.26. The number of carbonyl (C=O) groups excluding carboxylic acids is 1. The SMILES string of the molecule is CC(C)(C)c1ccc(Oc2ccc3cc(C(=O)N[C@H](C(=O)O)C(C)(C)O)nc(CC4CCCC4)c3c2)cc1. The molecule has 0 bridgehead atoms. The predicted molar refractivity (Wildman–Crippen MR) is 148 cm³/mol. The highest BCUT2D eigenvalue weighted by molar-refractivity contribution is 5.99. The second kappa shape index (κ2) is 10.7. The molecule has 0 saturated heterocycles. The molecule has 1 aliphatic rings. The maximum absolute atomic E-state index is 13.1. The largest absolute Gasteiger partial charge is 0.480 e. The van der Waals surface area contributed by atoms with Gasteiger partial charge in [-0.05, 0) is 72.9 Å². The Morgan fingerprint density at radius 1 is 1.00 bits per heavy atom. The Bertz CT molecular complexity index is 1310. The zero-order valence-electron chi connectivity index (χ0n) is 22.9. The molecule has 7 nitrogen and oxygen atoms in total. The van der Waals surface area contributed by atoms with Gasteiger partial charge in [-0.15, -0.1) is 0 Å². The zero-order valence-corrected chi connectivity index (χ0v) is 22.9. The number of aliphatic hydroxyl groups is 1. The topological polar surface area (TPSA) is 109 Å². The van der Waals surface area contributed by atoms with Crippen LogP contribution in [0.3, 0.4) is 0 Å². The summed E-state index contributed by atoms with van der Waals surface area (Å²) < 4.78 is 6.17. The lowest BCUT2D eigenvalue weighted by atomic mass is 9.87. The molecule has 1 aromatic heterocycles. The summed E-state index contributed by atoms with van der Waals surface area (Å²) in [6.45, 7) is 9.22. The maximum Gasteiger partial charge on any atom is 0.329 e. The number of pyridine rings is 1. The molecule has 3 aromatic rings. The summed E-state index contributed by atoms with van der Waals surface area (Å²) in [6, 6.07) is 14.0. The van der Waals surface area contributed by atoms with Crippen molar-refractivity contribution >= 4 is 22.6 Å². The van der Waals surface area contributed by atoms with Crippen LogP contribution in [0.15, 0.2) is 48.5 Å². The van der Waals surface area contributed by atoms with Crippen LogP contribution in [0, 0.1) is 5.92 Å². The highest BCUT2D eigenvalue weighted by Crippen LogP contribution is 2.33. The summed E-state index contributed by atoms with van der Waals surface area (Å²) >= 11 is 0. The molecule has 0 radical (unpaired) electrons. The van der Waals surface area contributed by atoms with Gasteiger partial charge < -0.3 is 20.3 Å². The molecule has 1 saturated carbocycles. The highest BCUT2D eigenvalue weighted by Gasteiger charge is 2.35. The van der Waals surface area contributed by atoms with Crippen LogP contribution < -0.4 is 10.1 Å². The molecule has 1 fully saturated rings. The Kier molecular flexibility index (Phi) is 7.79. The number of ether oxygens (including phenoxy) is 1. The van der Waals surface area contributed by atoms with Crippen molar-refractivity contribution in [1.82, 2.24) is 10.3 Å². The zero-order chi connectivity index (χ0) is 27.7. The van der Waals surface area contributed by atoms with E-state index in [0.717, 1.165) is 41.5 Å². The van der Waals surface area contributed by atoms with E-state index < -0.39 is 23.5 Å². The molecule has 4 rings (SSSR count). The van der Waals surface area contributed by atoms with Crippen LogP contribution in [0.2, 0.25) is 0 Å². The number of aliphatic carboxylic acids is 1.